The summed E-state index contributed by atoms with van der Waals surface area (Å²) in [5.74, 6) is 0.486. The zero-order valence-electron chi connectivity index (χ0n) is 14.6. The molecule has 1 aliphatic rings. The van der Waals surface area contributed by atoms with Gasteiger partial charge >= 0.3 is 0 Å². The van der Waals surface area contributed by atoms with E-state index in [4.69, 9.17) is 0 Å². The lowest BCUT2D eigenvalue weighted by Gasteiger charge is -2.23. The number of pyridine rings is 2. The van der Waals surface area contributed by atoms with E-state index in [0.29, 0.717) is 33.1 Å². The van der Waals surface area contributed by atoms with E-state index >= 15 is 0 Å². The molecule has 0 amide bonds. The molecule has 0 bridgehead atoms. The number of rotatable bonds is 0. The Kier molecular flexibility index (Phi) is 3.02. The van der Waals surface area contributed by atoms with Gasteiger partial charge in [-0.3, -0.25) is 9.59 Å². The van der Waals surface area contributed by atoms with Gasteiger partial charge in [0.1, 0.15) is 0 Å². The zero-order valence-corrected chi connectivity index (χ0v) is 14.6. The van der Waals surface area contributed by atoms with E-state index in [0.717, 1.165) is 16.8 Å². The number of aromatic nitrogens is 2. The van der Waals surface area contributed by atoms with Gasteiger partial charge in [0.05, 0.1) is 11.0 Å². The molecule has 4 aromatic rings. The summed E-state index contributed by atoms with van der Waals surface area (Å²) in [5.41, 5.74) is 3.89. The second kappa shape index (κ2) is 5.18. The molecule has 0 aliphatic heterocycles. The number of fused-ring (bicyclic) bond motifs is 4. The first-order valence-electron chi connectivity index (χ1n) is 8.87. The number of allylic oxidation sites excluding steroid dienone is 1. The molecule has 2 aromatic heterocycles. The van der Waals surface area contributed by atoms with Crippen molar-refractivity contribution in [2.24, 2.45) is 5.92 Å². The van der Waals surface area contributed by atoms with E-state index in [2.05, 4.69) is 29.9 Å². The van der Waals surface area contributed by atoms with Gasteiger partial charge in [0.25, 0.3) is 0 Å². The van der Waals surface area contributed by atoms with E-state index in [1.807, 2.05) is 36.4 Å². The third-order valence-electron chi connectivity index (χ3n) is 5.70. The van der Waals surface area contributed by atoms with Gasteiger partial charge in [-0.15, -0.1) is 0 Å². The lowest BCUT2D eigenvalue weighted by Crippen LogP contribution is -2.21. The van der Waals surface area contributed by atoms with Crippen molar-refractivity contribution >= 4 is 38.8 Å². The Morgan fingerprint density at radius 1 is 0.808 bits per heavy atom. The number of hydrogen-bond donors (Lipinski definition) is 2. The highest BCUT2D eigenvalue weighted by Crippen LogP contribution is 2.32. The summed E-state index contributed by atoms with van der Waals surface area (Å²) in [5, 5.41) is 1.87. The first-order valence-corrected chi connectivity index (χ1v) is 8.87. The Bertz CT molecular complexity index is 1360. The minimum atomic E-state index is -0.0210. The first-order chi connectivity index (χ1) is 12.5. The SMILES string of the molecule is CC1C=Cc2[nH]c3cc4c(=O)c5ccccc5[nH]c4cc3c(=O)c2C1C. The van der Waals surface area contributed by atoms with Gasteiger partial charge in [-0.1, -0.05) is 32.1 Å². The van der Waals surface area contributed by atoms with Crippen LogP contribution >= 0.6 is 0 Å². The van der Waals surface area contributed by atoms with Crippen molar-refractivity contribution in [2.45, 2.75) is 19.8 Å². The van der Waals surface area contributed by atoms with Crippen molar-refractivity contribution < 1.29 is 0 Å². The van der Waals surface area contributed by atoms with Gasteiger partial charge < -0.3 is 9.97 Å². The Hall–Kier alpha value is -3.14. The molecule has 1 aliphatic carbocycles. The maximum Gasteiger partial charge on any atom is 0.197 e. The number of nitrogens with one attached hydrogen (secondary N) is 2. The van der Waals surface area contributed by atoms with Crippen LogP contribution in [0.2, 0.25) is 0 Å². The molecule has 4 heteroatoms. The number of hydrogen-bond acceptors (Lipinski definition) is 2. The fraction of sp³-hybridized carbons (Fsp3) is 0.182. The molecule has 0 radical (unpaired) electrons. The van der Waals surface area contributed by atoms with Crippen LogP contribution in [0.3, 0.4) is 0 Å². The van der Waals surface area contributed by atoms with Crippen molar-refractivity contribution in [3.8, 4) is 0 Å². The van der Waals surface area contributed by atoms with Crippen LogP contribution in [0.15, 0.2) is 52.1 Å². The van der Waals surface area contributed by atoms with Crippen molar-refractivity contribution in [3.05, 3.63) is 74.2 Å². The lowest BCUT2D eigenvalue weighted by molar-refractivity contribution is 0.580. The minimum absolute atomic E-state index is 0.0210. The molecule has 2 atom stereocenters. The Labute approximate surface area is 149 Å². The van der Waals surface area contributed by atoms with Crippen LogP contribution in [0.4, 0.5) is 0 Å². The predicted octanol–water partition coefficient (Wildman–Crippen LogP) is 4.29. The summed E-state index contributed by atoms with van der Waals surface area (Å²) in [6, 6.07) is 11.1. The third kappa shape index (κ3) is 1.96. The molecule has 2 heterocycles. The monoisotopic (exact) mass is 342 g/mol. The van der Waals surface area contributed by atoms with Crippen LogP contribution in [0.25, 0.3) is 38.8 Å². The molecule has 0 saturated heterocycles. The van der Waals surface area contributed by atoms with E-state index in [1.165, 1.54) is 0 Å². The molecule has 0 saturated carbocycles. The van der Waals surface area contributed by atoms with Crippen molar-refractivity contribution in [3.63, 3.8) is 0 Å². The van der Waals surface area contributed by atoms with Gasteiger partial charge in [-0.25, -0.2) is 0 Å². The van der Waals surface area contributed by atoms with Crippen molar-refractivity contribution in [2.75, 3.05) is 0 Å². The maximum atomic E-state index is 13.2. The van der Waals surface area contributed by atoms with E-state index in [-0.39, 0.29) is 16.8 Å². The van der Waals surface area contributed by atoms with Gasteiger partial charge in [0.2, 0.25) is 0 Å². The molecule has 128 valence electrons. The first kappa shape index (κ1) is 15.1. The quantitative estimate of drug-likeness (QED) is 0.468. The minimum Gasteiger partial charge on any atom is -0.355 e. The summed E-state index contributed by atoms with van der Waals surface area (Å²) >= 11 is 0. The highest BCUT2D eigenvalue weighted by molar-refractivity contribution is 6.00. The predicted molar refractivity (Wildman–Crippen MR) is 107 cm³/mol. The fourth-order valence-electron chi connectivity index (χ4n) is 4.00. The van der Waals surface area contributed by atoms with Crippen LogP contribution in [-0.2, 0) is 0 Å². The van der Waals surface area contributed by atoms with Gasteiger partial charge in [-0.05, 0) is 42.2 Å². The molecule has 5 rings (SSSR count). The third-order valence-corrected chi connectivity index (χ3v) is 5.70. The van der Waals surface area contributed by atoms with E-state index < -0.39 is 0 Å². The highest BCUT2D eigenvalue weighted by atomic mass is 16.1. The largest absolute Gasteiger partial charge is 0.355 e. The average molecular weight is 342 g/mol. The fourth-order valence-corrected chi connectivity index (χ4v) is 4.00. The molecular formula is C22H18N2O2. The summed E-state index contributed by atoms with van der Waals surface area (Å²) in [4.78, 5) is 32.7. The molecule has 2 unspecified atom stereocenters. The smallest absolute Gasteiger partial charge is 0.197 e. The summed E-state index contributed by atoms with van der Waals surface area (Å²) in [7, 11) is 0. The standard InChI is InChI=1S/C22H18N2O2/c1-11-7-8-17-20(12(11)2)22(26)15-10-18-14(9-19(15)24-17)21(25)13-5-3-4-6-16(13)23-18/h3-12H,1-2H3,(H,23,25)(H,24,26). The second-order valence-corrected chi connectivity index (χ2v) is 7.23. The van der Waals surface area contributed by atoms with Gasteiger partial charge in [-0.2, -0.15) is 0 Å². The highest BCUT2D eigenvalue weighted by Gasteiger charge is 2.24. The van der Waals surface area contributed by atoms with Crippen molar-refractivity contribution in [1.82, 2.24) is 9.97 Å². The lowest BCUT2D eigenvalue weighted by atomic mass is 9.83. The number of aromatic amines is 2. The number of H-pyrrole nitrogens is 2. The Balaban J connectivity index is 1.94. The molecule has 0 spiro atoms. The molecular weight excluding hydrogens is 324 g/mol. The van der Waals surface area contributed by atoms with Crippen LogP contribution in [0.1, 0.15) is 31.0 Å². The van der Waals surface area contributed by atoms with Crippen LogP contribution in [0.5, 0.6) is 0 Å². The second-order valence-electron chi connectivity index (χ2n) is 7.23. The molecule has 2 N–H and O–H groups in total. The molecule has 26 heavy (non-hydrogen) atoms. The topological polar surface area (TPSA) is 65.7 Å². The number of para-hydroxylation sites is 1. The van der Waals surface area contributed by atoms with Gasteiger partial charge in [0, 0.05) is 32.9 Å². The summed E-state index contributed by atoms with van der Waals surface area (Å²) < 4.78 is 0. The maximum absolute atomic E-state index is 13.2. The van der Waals surface area contributed by atoms with E-state index in [9.17, 15) is 9.59 Å². The van der Waals surface area contributed by atoms with Crippen molar-refractivity contribution in [1.29, 1.82) is 0 Å². The normalized spacial score (nSPS) is 19.3. The summed E-state index contributed by atoms with van der Waals surface area (Å²) in [6.07, 6.45) is 4.10. The van der Waals surface area contributed by atoms with Crippen LogP contribution in [-0.4, -0.2) is 9.97 Å². The average Bonchev–Trinajstić information content (AvgIpc) is 2.64. The van der Waals surface area contributed by atoms with Crippen LogP contribution < -0.4 is 10.9 Å². The molecule has 0 fully saturated rings. The molecule has 2 aromatic carbocycles. The summed E-state index contributed by atoms with van der Waals surface area (Å²) in [6.45, 7) is 4.21. The zero-order chi connectivity index (χ0) is 18.0. The Morgan fingerprint density at radius 2 is 1.50 bits per heavy atom. The van der Waals surface area contributed by atoms with Crippen LogP contribution in [0, 0.1) is 5.92 Å². The van der Waals surface area contributed by atoms with Gasteiger partial charge in [0.15, 0.2) is 10.9 Å². The Morgan fingerprint density at radius 3 is 2.31 bits per heavy atom. The van der Waals surface area contributed by atoms with E-state index in [1.54, 1.807) is 6.07 Å². The number of benzene rings is 2. The molecule has 4 nitrogen and oxygen atoms in total.